The van der Waals surface area contributed by atoms with E-state index in [9.17, 15) is 10.2 Å². The number of aliphatic imine (C=N–C) groups is 2. The first-order valence-corrected chi connectivity index (χ1v) is 15.0. The molecule has 0 aliphatic heterocycles. The number of hydrogen-bond donors (Lipinski definition) is 2. The molecule has 0 saturated heterocycles. The van der Waals surface area contributed by atoms with Crippen molar-refractivity contribution in [1.82, 2.24) is 0 Å². The normalized spacial score (nSPS) is 13.5. The van der Waals surface area contributed by atoms with Gasteiger partial charge in [0.1, 0.15) is 11.5 Å². The number of hydrogen-bond acceptors (Lipinski definition) is 4. The fraction of sp³-hybridized carbons (Fsp3) is 0.474. The van der Waals surface area contributed by atoms with Crippen LogP contribution in [-0.2, 0) is 21.7 Å². The Hall–Kier alpha value is -3.40. The molecule has 0 aliphatic rings. The van der Waals surface area contributed by atoms with Crippen molar-refractivity contribution in [1.29, 1.82) is 0 Å². The lowest BCUT2D eigenvalue weighted by Gasteiger charge is -2.27. The first-order valence-electron chi connectivity index (χ1n) is 15.0. The van der Waals surface area contributed by atoms with E-state index in [-0.39, 0.29) is 33.2 Å². The monoisotopic (exact) mass is 568 g/mol. The summed E-state index contributed by atoms with van der Waals surface area (Å²) in [5, 5.41) is 22.6. The van der Waals surface area contributed by atoms with Gasteiger partial charge in [-0.3, -0.25) is 9.98 Å². The van der Waals surface area contributed by atoms with Crippen LogP contribution in [0.25, 0.3) is 0 Å². The Balaban J connectivity index is 2.19. The summed E-state index contributed by atoms with van der Waals surface area (Å²) in [7, 11) is 0. The Bertz CT molecular complexity index is 1410. The molecule has 3 rings (SSSR count). The van der Waals surface area contributed by atoms with E-state index in [4.69, 9.17) is 9.98 Å². The summed E-state index contributed by atoms with van der Waals surface area (Å²) in [5.74, 6) is 0.513. The zero-order chi connectivity index (χ0) is 32.0. The molecule has 4 nitrogen and oxygen atoms in total. The molecule has 0 heterocycles. The van der Waals surface area contributed by atoms with E-state index in [2.05, 4.69) is 109 Å². The van der Waals surface area contributed by atoms with Gasteiger partial charge in [-0.1, -0.05) is 95.2 Å². The van der Waals surface area contributed by atoms with Crippen molar-refractivity contribution in [2.24, 2.45) is 9.98 Å². The van der Waals surface area contributed by atoms with Crippen LogP contribution in [0.4, 0.5) is 11.4 Å². The van der Waals surface area contributed by atoms with Crippen molar-refractivity contribution in [2.75, 3.05) is 0 Å². The maximum atomic E-state index is 11.3. The molecule has 0 aromatic heterocycles. The molecule has 2 N–H and O–H groups in total. The first kappa shape index (κ1) is 33.1. The van der Waals surface area contributed by atoms with Crippen LogP contribution in [0, 0.1) is 13.8 Å². The summed E-state index contributed by atoms with van der Waals surface area (Å²) in [6.07, 6.45) is 3.50. The molecular formula is C38H52N2O2. The molecule has 3 aromatic carbocycles. The van der Waals surface area contributed by atoms with E-state index in [1.807, 2.05) is 24.3 Å². The number of nitrogens with zero attached hydrogens (tertiary/aromatic N) is 2. The lowest BCUT2D eigenvalue weighted by atomic mass is 9.79. The van der Waals surface area contributed by atoms with Gasteiger partial charge in [0.15, 0.2) is 0 Å². The Morgan fingerprint density at radius 2 is 0.786 bits per heavy atom. The molecule has 42 heavy (non-hydrogen) atoms. The predicted octanol–water partition coefficient (Wildman–Crippen LogP) is 10.4. The van der Waals surface area contributed by atoms with Gasteiger partial charge in [-0.05, 0) is 82.0 Å². The van der Waals surface area contributed by atoms with Gasteiger partial charge in [-0.25, -0.2) is 0 Å². The van der Waals surface area contributed by atoms with Crippen molar-refractivity contribution in [3.8, 4) is 11.5 Å². The van der Waals surface area contributed by atoms with E-state index < -0.39 is 0 Å². The van der Waals surface area contributed by atoms with Crippen LogP contribution in [0.15, 0.2) is 46.4 Å². The number of benzene rings is 3. The number of aryl methyl sites for hydroxylation is 2. The Labute approximate surface area is 254 Å². The molecule has 226 valence electrons. The van der Waals surface area contributed by atoms with Gasteiger partial charge in [0.2, 0.25) is 0 Å². The summed E-state index contributed by atoms with van der Waals surface area (Å²) >= 11 is 0. The second-order valence-corrected chi connectivity index (χ2v) is 15.9. The SMILES string of the molecule is Cc1cc(N=Cc2cc(C(C)(C)C)cc(C(C)(C)C)c2O)c(N=Cc2cc(C(C)(C)C)cc(C(C)(C)C)c2O)cc1C. The van der Waals surface area contributed by atoms with Crippen molar-refractivity contribution in [3.63, 3.8) is 0 Å². The molecule has 0 atom stereocenters. The minimum Gasteiger partial charge on any atom is -0.507 e. The van der Waals surface area contributed by atoms with Crippen LogP contribution in [-0.4, -0.2) is 22.6 Å². The van der Waals surface area contributed by atoms with Crippen molar-refractivity contribution in [2.45, 2.75) is 119 Å². The standard InChI is InChI=1S/C38H52N2O2/c1-23-15-31(39-21-25-17-27(35(3,4)5)19-29(33(25)41)37(9,10)11)32(16-24(23)2)40-22-26-18-28(36(6,7)8)20-30(34(26)42)38(12,13)14/h15-22,41-42H,1-14H3. The molecule has 0 radical (unpaired) electrons. The van der Waals surface area contributed by atoms with Gasteiger partial charge < -0.3 is 10.2 Å². The van der Waals surface area contributed by atoms with Crippen LogP contribution < -0.4 is 0 Å². The highest BCUT2D eigenvalue weighted by atomic mass is 16.3. The Morgan fingerprint density at radius 1 is 0.476 bits per heavy atom. The van der Waals surface area contributed by atoms with Gasteiger partial charge in [0, 0.05) is 34.7 Å². The second-order valence-electron chi connectivity index (χ2n) is 15.9. The van der Waals surface area contributed by atoms with Gasteiger partial charge >= 0.3 is 0 Å². The van der Waals surface area contributed by atoms with E-state index >= 15 is 0 Å². The number of aromatic hydroxyl groups is 2. The molecule has 0 bridgehead atoms. The topological polar surface area (TPSA) is 65.2 Å². The first-order chi connectivity index (χ1) is 19.0. The van der Waals surface area contributed by atoms with E-state index in [1.54, 1.807) is 12.4 Å². The molecule has 0 amide bonds. The number of phenols is 2. The highest BCUT2D eigenvalue weighted by Crippen LogP contribution is 2.40. The smallest absolute Gasteiger partial charge is 0.128 e. The quantitative estimate of drug-likeness (QED) is 0.307. The minimum atomic E-state index is -0.223. The lowest BCUT2D eigenvalue weighted by molar-refractivity contribution is 0.443. The second kappa shape index (κ2) is 11.4. The zero-order valence-electron chi connectivity index (χ0n) is 28.4. The highest BCUT2D eigenvalue weighted by Gasteiger charge is 2.26. The third-order valence-corrected chi connectivity index (χ3v) is 7.90. The Kier molecular flexibility index (Phi) is 8.95. The summed E-state index contributed by atoms with van der Waals surface area (Å²) in [6, 6.07) is 12.3. The predicted molar refractivity (Wildman–Crippen MR) is 181 cm³/mol. The van der Waals surface area contributed by atoms with Crippen molar-refractivity contribution >= 4 is 23.8 Å². The molecule has 4 heteroatoms. The molecule has 0 unspecified atom stereocenters. The molecule has 0 aliphatic carbocycles. The summed E-state index contributed by atoms with van der Waals surface area (Å²) in [4.78, 5) is 9.75. The zero-order valence-corrected chi connectivity index (χ0v) is 28.4. The molecular weight excluding hydrogens is 516 g/mol. The maximum Gasteiger partial charge on any atom is 0.128 e. The van der Waals surface area contributed by atoms with Crippen LogP contribution in [0.3, 0.4) is 0 Å². The molecule has 0 spiro atoms. The summed E-state index contributed by atoms with van der Waals surface area (Å²) in [6.45, 7) is 29.9. The molecule has 3 aromatic rings. The number of phenolic OH excluding ortho intramolecular Hbond substituents is 2. The fourth-order valence-electron chi connectivity index (χ4n) is 4.79. The van der Waals surface area contributed by atoms with Gasteiger partial charge in [0.25, 0.3) is 0 Å². The van der Waals surface area contributed by atoms with Crippen LogP contribution in [0.5, 0.6) is 11.5 Å². The lowest BCUT2D eigenvalue weighted by Crippen LogP contribution is -2.17. The van der Waals surface area contributed by atoms with Gasteiger partial charge in [-0.2, -0.15) is 0 Å². The van der Waals surface area contributed by atoms with Crippen molar-refractivity contribution in [3.05, 3.63) is 80.9 Å². The van der Waals surface area contributed by atoms with E-state index in [1.165, 1.54) is 0 Å². The van der Waals surface area contributed by atoms with Gasteiger partial charge in [0.05, 0.1) is 11.4 Å². The van der Waals surface area contributed by atoms with Crippen LogP contribution in [0.2, 0.25) is 0 Å². The van der Waals surface area contributed by atoms with Crippen molar-refractivity contribution < 1.29 is 10.2 Å². The average molecular weight is 569 g/mol. The fourth-order valence-corrected chi connectivity index (χ4v) is 4.79. The molecule has 0 saturated carbocycles. The summed E-state index contributed by atoms with van der Waals surface area (Å²) in [5.41, 5.74) is 8.48. The molecule has 0 fully saturated rings. The average Bonchev–Trinajstić information content (AvgIpc) is 2.82. The van der Waals surface area contributed by atoms with Crippen LogP contribution in [0.1, 0.15) is 128 Å². The third kappa shape index (κ3) is 7.51. The number of rotatable bonds is 4. The Morgan fingerprint density at radius 3 is 1.05 bits per heavy atom. The summed E-state index contributed by atoms with van der Waals surface area (Å²) < 4.78 is 0. The van der Waals surface area contributed by atoms with Gasteiger partial charge in [-0.15, -0.1) is 0 Å². The van der Waals surface area contributed by atoms with E-state index in [0.717, 1.165) is 33.4 Å². The third-order valence-electron chi connectivity index (χ3n) is 7.90. The maximum absolute atomic E-state index is 11.3. The largest absolute Gasteiger partial charge is 0.507 e. The van der Waals surface area contributed by atoms with Crippen LogP contribution >= 0.6 is 0 Å². The highest BCUT2D eigenvalue weighted by molar-refractivity contribution is 5.91. The minimum absolute atomic E-state index is 0.0817. The van der Waals surface area contributed by atoms with E-state index in [0.29, 0.717) is 22.5 Å².